The molecule has 162 valence electrons. The largest absolute Gasteiger partial charge is 0.398 e. The predicted octanol–water partition coefficient (Wildman–Crippen LogP) is 3.57. The van der Waals surface area contributed by atoms with E-state index in [0.717, 1.165) is 5.56 Å². The third kappa shape index (κ3) is 4.39. The SMILES string of the molecule is Cn1nc(-c2ccc(C(=O)Nc3ccccn3)cc2)nc1Nc1ccc(N)c(CN)c1Cl. The van der Waals surface area contributed by atoms with Crippen LogP contribution in [0.3, 0.4) is 0 Å². The molecule has 1 amide bonds. The molecule has 6 N–H and O–H groups in total. The van der Waals surface area contributed by atoms with E-state index < -0.39 is 0 Å². The number of amides is 1. The lowest BCUT2D eigenvalue weighted by Gasteiger charge is -2.12. The number of anilines is 4. The van der Waals surface area contributed by atoms with Gasteiger partial charge >= 0.3 is 0 Å². The van der Waals surface area contributed by atoms with Gasteiger partial charge < -0.3 is 22.1 Å². The Morgan fingerprint density at radius 1 is 1.12 bits per heavy atom. The van der Waals surface area contributed by atoms with E-state index in [1.807, 2.05) is 0 Å². The van der Waals surface area contributed by atoms with Crippen molar-refractivity contribution in [2.24, 2.45) is 12.8 Å². The second kappa shape index (κ2) is 9.04. The van der Waals surface area contributed by atoms with Crippen LogP contribution >= 0.6 is 11.6 Å². The zero-order valence-corrected chi connectivity index (χ0v) is 18.0. The lowest BCUT2D eigenvalue weighted by molar-refractivity contribution is 0.102. The number of nitrogens with two attached hydrogens (primary N) is 2. The Morgan fingerprint density at radius 2 is 1.91 bits per heavy atom. The van der Waals surface area contributed by atoms with Crippen molar-refractivity contribution in [2.75, 3.05) is 16.4 Å². The fourth-order valence-corrected chi connectivity index (χ4v) is 3.37. The first-order chi connectivity index (χ1) is 15.5. The third-order valence-electron chi connectivity index (χ3n) is 4.80. The van der Waals surface area contributed by atoms with Crippen LogP contribution in [0.1, 0.15) is 15.9 Å². The number of nitrogen functional groups attached to an aromatic ring is 1. The fourth-order valence-electron chi connectivity index (χ4n) is 3.07. The molecule has 0 fully saturated rings. The van der Waals surface area contributed by atoms with E-state index in [1.165, 1.54) is 0 Å². The van der Waals surface area contributed by atoms with Crippen LogP contribution in [0.2, 0.25) is 5.02 Å². The molecule has 0 saturated heterocycles. The van der Waals surface area contributed by atoms with Crippen molar-refractivity contribution >= 4 is 40.6 Å². The van der Waals surface area contributed by atoms with Crippen LogP contribution in [-0.4, -0.2) is 25.7 Å². The summed E-state index contributed by atoms with van der Waals surface area (Å²) >= 11 is 6.42. The normalized spacial score (nSPS) is 10.7. The Kier molecular flexibility index (Phi) is 6.02. The second-order valence-corrected chi connectivity index (χ2v) is 7.33. The summed E-state index contributed by atoms with van der Waals surface area (Å²) in [6.45, 7) is 0.227. The van der Waals surface area contributed by atoms with Gasteiger partial charge in [0.1, 0.15) is 5.82 Å². The van der Waals surface area contributed by atoms with Crippen LogP contribution in [0.15, 0.2) is 60.8 Å². The molecule has 2 heterocycles. The highest BCUT2D eigenvalue weighted by Gasteiger charge is 2.14. The summed E-state index contributed by atoms with van der Waals surface area (Å²) < 4.78 is 1.60. The Bertz CT molecular complexity index is 1260. The minimum absolute atomic E-state index is 0.227. The van der Waals surface area contributed by atoms with Crippen LogP contribution in [0.25, 0.3) is 11.4 Å². The zero-order chi connectivity index (χ0) is 22.7. The molecule has 0 radical (unpaired) electrons. The minimum atomic E-state index is -0.250. The summed E-state index contributed by atoms with van der Waals surface area (Å²) in [7, 11) is 1.77. The first-order valence-electron chi connectivity index (χ1n) is 9.74. The lowest BCUT2D eigenvalue weighted by atomic mass is 10.1. The van der Waals surface area contributed by atoms with E-state index in [9.17, 15) is 4.79 Å². The zero-order valence-electron chi connectivity index (χ0n) is 17.2. The van der Waals surface area contributed by atoms with E-state index in [-0.39, 0.29) is 12.5 Å². The number of nitrogens with zero attached hydrogens (tertiary/aromatic N) is 4. The van der Waals surface area contributed by atoms with Crippen LogP contribution in [0.4, 0.5) is 23.1 Å². The maximum absolute atomic E-state index is 12.4. The van der Waals surface area contributed by atoms with E-state index in [2.05, 4.69) is 25.7 Å². The van der Waals surface area contributed by atoms with Crippen LogP contribution < -0.4 is 22.1 Å². The van der Waals surface area contributed by atoms with Crippen LogP contribution in [0.5, 0.6) is 0 Å². The molecule has 0 atom stereocenters. The number of benzene rings is 2. The maximum atomic E-state index is 12.4. The third-order valence-corrected chi connectivity index (χ3v) is 5.24. The van der Waals surface area contributed by atoms with Gasteiger partial charge in [0.15, 0.2) is 5.82 Å². The number of pyridine rings is 1. The number of hydrogen-bond donors (Lipinski definition) is 4. The Hall–Kier alpha value is -3.95. The highest BCUT2D eigenvalue weighted by molar-refractivity contribution is 6.34. The number of rotatable bonds is 6. The Balaban J connectivity index is 1.52. The van der Waals surface area contributed by atoms with E-state index in [1.54, 1.807) is 72.5 Å². The molecule has 4 aromatic rings. The Labute approximate surface area is 189 Å². The number of carbonyl (C=O) groups excluding carboxylic acids is 1. The number of halogens is 1. The van der Waals surface area contributed by atoms with Crippen molar-refractivity contribution in [2.45, 2.75) is 6.54 Å². The fraction of sp³-hybridized carbons (Fsp3) is 0.0909. The van der Waals surface area contributed by atoms with Gasteiger partial charge in [-0.1, -0.05) is 29.8 Å². The molecule has 9 nitrogen and oxygen atoms in total. The smallest absolute Gasteiger partial charge is 0.256 e. The van der Waals surface area contributed by atoms with Gasteiger partial charge in [0, 0.05) is 42.2 Å². The monoisotopic (exact) mass is 448 g/mol. The number of nitrogens with one attached hydrogen (secondary N) is 2. The molecule has 2 aromatic heterocycles. The summed E-state index contributed by atoms with van der Waals surface area (Å²) in [5.74, 6) is 1.23. The lowest BCUT2D eigenvalue weighted by Crippen LogP contribution is -2.12. The van der Waals surface area contributed by atoms with Gasteiger partial charge in [-0.05, 0) is 36.4 Å². The van der Waals surface area contributed by atoms with E-state index in [4.69, 9.17) is 23.1 Å². The molecule has 0 unspecified atom stereocenters. The number of aromatic nitrogens is 4. The highest BCUT2D eigenvalue weighted by Crippen LogP contribution is 2.32. The number of hydrogen-bond acceptors (Lipinski definition) is 7. The van der Waals surface area contributed by atoms with Crippen molar-refractivity contribution in [3.63, 3.8) is 0 Å². The molecule has 0 aliphatic heterocycles. The quantitative estimate of drug-likeness (QED) is 0.331. The second-order valence-electron chi connectivity index (χ2n) is 6.95. The molecular weight excluding hydrogens is 428 g/mol. The summed E-state index contributed by atoms with van der Waals surface area (Å²) in [6.07, 6.45) is 1.62. The molecule has 2 aromatic carbocycles. The van der Waals surface area contributed by atoms with Gasteiger partial charge in [0.05, 0.1) is 10.7 Å². The molecule has 32 heavy (non-hydrogen) atoms. The molecule has 4 rings (SSSR count). The van der Waals surface area contributed by atoms with E-state index >= 15 is 0 Å². The average molecular weight is 449 g/mol. The topological polar surface area (TPSA) is 137 Å². The first kappa shape index (κ1) is 21.3. The van der Waals surface area contributed by atoms with Crippen LogP contribution in [0, 0.1) is 0 Å². The number of aryl methyl sites for hydroxylation is 1. The predicted molar refractivity (Wildman–Crippen MR) is 126 cm³/mol. The first-order valence-corrected chi connectivity index (χ1v) is 10.1. The summed E-state index contributed by atoms with van der Waals surface area (Å²) in [5, 5.41) is 10.8. The molecule has 0 spiro atoms. The van der Waals surface area contributed by atoms with Crippen molar-refractivity contribution in [1.82, 2.24) is 19.7 Å². The van der Waals surface area contributed by atoms with Gasteiger partial charge in [-0.15, -0.1) is 5.10 Å². The maximum Gasteiger partial charge on any atom is 0.256 e. The van der Waals surface area contributed by atoms with Crippen molar-refractivity contribution < 1.29 is 4.79 Å². The highest BCUT2D eigenvalue weighted by atomic mass is 35.5. The number of carbonyl (C=O) groups is 1. The van der Waals surface area contributed by atoms with E-state index in [0.29, 0.717) is 45.1 Å². The molecule has 0 saturated carbocycles. The molecule has 0 aliphatic carbocycles. The molecule has 0 aliphatic rings. The minimum Gasteiger partial charge on any atom is -0.398 e. The summed E-state index contributed by atoms with van der Waals surface area (Å²) in [6, 6.07) is 15.8. The van der Waals surface area contributed by atoms with Gasteiger partial charge in [0.25, 0.3) is 5.91 Å². The summed E-state index contributed by atoms with van der Waals surface area (Å²) in [4.78, 5) is 21.0. The van der Waals surface area contributed by atoms with Crippen LogP contribution in [-0.2, 0) is 13.6 Å². The molecular formula is C22H21ClN8O. The van der Waals surface area contributed by atoms with Gasteiger partial charge in [-0.25, -0.2) is 9.67 Å². The van der Waals surface area contributed by atoms with Crippen molar-refractivity contribution in [3.05, 3.63) is 76.9 Å². The summed E-state index contributed by atoms with van der Waals surface area (Å²) in [5.41, 5.74) is 14.8. The average Bonchev–Trinajstić information content (AvgIpc) is 3.17. The van der Waals surface area contributed by atoms with Gasteiger partial charge in [-0.3, -0.25) is 4.79 Å². The van der Waals surface area contributed by atoms with Crippen molar-refractivity contribution in [3.8, 4) is 11.4 Å². The van der Waals surface area contributed by atoms with Gasteiger partial charge in [-0.2, -0.15) is 4.98 Å². The molecule has 0 bridgehead atoms. The van der Waals surface area contributed by atoms with Gasteiger partial charge in [0.2, 0.25) is 5.95 Å². The van der Waals surface area contributed by atoms with Crippen molar-refractivity contribution in [1.29, 1.82) is 0 Å². The Morgan fingerprint density at radius 3 is 2.59 bits per heavy atom. The molecule has 10 heteroatoms. The standard InChI is InChI=1S/C22H21ClN8O/c1-31-22(27-17-10-9-16(25)15(12-24)19(17)23)29-20(30-31)13-5-7-14(8-6-13)21(32)28-18-4-2-3-11-26-18/h2-11H,12,24-25H2,1H3,(H,26,28,32)(H,27,29,30).